The summed E-state index contributed by atoms with van der Waals surface area (Å²) in [4.78, 5) is 38.3. The van der Waals surface area contributed by atoms with Crippen LogP contribution in [0, 0.1) is 0 Å². The Balaban J connectivity index is 1.28. The molecule has 33 heavy (non-hydrogen) atoms. The minimum absolute atomic E-state index is 0.0155. The molecule has 2 aliphatic heterocycles. The second-order valence-electron chi connectivity index (χ2n) is 8.57. The van der Waals surface area contributed by atoms with Crippen LogP contribution in [0.4, 0.5) is 0 Å². The summed E-state index contributed by atoms with van der Waals surface area (Å²) < 4.78 is 9.73. The van der Waals surface area contributed by atoms with E-state index in [9.17, 15) is 14.4 Å². The molecular weight excluding hydrogens is 424 g/mol. The average Bonchev–Trinajstić information content (AvgIpc) is 3.43. The van der Waals surface area contributed by atoms with Gasteiger partial charge >= 0.3 is 0 Å². The van der Waals surface area contributed by atoms with Gasteiger partial charge in [0.25, 0.3) is 0 Å². The molecule has 0 radical (unpaired) electrons. The molecule has 1 unspecified atom stereocenters. The first-order valence-corrected chi connectivity index (χ1v) is 11.2. The highest BCUT2D eigenvalue weighted by atomic mass is 16.5. The Bertz CT molecular complexity index is 1190. The maximum atomic E-state index is 12.5. The topological polar surface area (TPSA) is 111 Å². The highest BCUT2D eigenvalue weighted by Gasteiger charge is 2.32. The van der Waals surface area contributed by atoms with E-state index in [1.165, 1.54) is 0 Å². The number of carbonyl (C=O) groups is 3. The third-order valence-electron chi connectivity index (χ3n) is 6.37. The molecule has 5 rings (SSSR count). The smallest absolute Gasteiger partial charge is 0.244 e. The molecule has 1 aromatic carbocycles. The number of rotatable bonds is 5. The van der Waals surface area contributed by atoms with Gasteiger partial charge in [-0.1, -0.05) is 12.1 Å². The number of likely N-dealkylation sites (tertiary alicyclic amines) is 1. The largest absolute Gasteiger partial charge is 0.488 e. The molecule has 172 valence electrons. The summed E-state index contributed by atoms with van der Waals surface area (Å²) >= 11 is 0. The summed E-state index contributed by atoms with van der Waals surface area (Å²) in [6, 6.07) is 7.55. The Morgan fingerprint density at radius 1 is 1.18 bits per heavy atom. The van der Waals surface area contributed by atoms with Gasteiger partial charge < -0.3 is 9.64 Å². The Labute approximate surface area is 190 Å². The maximum Gasteiger partial charge on any atom is 0.244 e. The molecule has 2 fully saturated rings. The van der Waals surface area contributed by atoms with E-state index in [4.69, 9.17) is 4.74 Å². The molecule has 0 spiro atoms. The number of nitrogens with zero attached hydrogens (tertiary/aromatic N) is 5. The van der Waals surface area contributed by atoms with E-state index in [2.05, 4.69) is 15.5 Å². The lowest BCUT2D eigenvalue weighted by molar-refractivity contribution is -0.135. The number of amides is 3. The highest BCUT2D eigenvalue weighted by molar-refractivity contribution is 6.02. The standard InChI is InChI=1S/C23H26N6O4/c1-27-22-16(21(26-27)17-6-7-19(30)25-23(17)32)4-2-5-18(22)33-15-8-12-28(13-9-15)20(31)14-29-11-3-10-24-29/h2-5,10-11,15,17H,6-9,12-14H2,1H3,(H,25,30,32). The molecule has 1 N–H and O–H groups in total. The van der Waals surface area contributed by atoms with Gasteiger partial charge in [-0.15, -0.1) is 0 Å². The van der Waals surface area contributed by atoms with Crippen molar-refractivity contribution in [2.45, 2.75) is 44.2 Å². The lowest BCUT2D eigenvalue weighted by Gasteiger charge is -2.32. The fraction of sp³-hybridized carbons (Fsp3) is 0.435. The van der Waals surface area contributed by atoms with Crippen LogP contribution in [0.5, 0.6) is 5.75 Å². The second-order valence-corrected chi connectivity index (χ2v) is 8.57. The summed E-state index contributed by atoms with van der Waals surface area (Å²) in [7, 11) is 1.83. The number of imide groups is 1. The predicted molar refractivity (Wildman–Crippen MR) is 118 cm³/mol. The van der Waals surface area contributed by atoms with Gasteiger partial charge in [0.1, 0.15) is 23.9 Å². The third-order valence-corrected chi connectivity index (χ3v) is 6.37. The summed E-state index contributed by atoms with van der Waals surface area (Å²) in [5, 5.41) is 12.0. The summed E-state index contributed by atoms with van der Waals surface area (Å²) in [6.07, 6.45) is 5.66. The minimum Gasteiger partial charge on any atom is -0.488 e. The number of carbonyl (C=O) groups excluding carboxylic acids is 3. The van der Waals surface area contributed by atoms with Gasteiger partial charge in [-0.3, -0.25) is 29.1 Å². The van der Waals surface area contributed by atoms with Crippen LogP contribution in [-0.4, -0.2) is 61.4 Å². The number of para-hydroxylation sites is 1. The zero-order chi connectivity index (χ0) is 22.9. The molecule has 0 aliphatic carbocycles. The van der Waals surface area contributed by atoms with Crippen LogP contribution in [0.2, 0.25) is 0 Å². The number of hydrogen-bond acceptors (Lipinski definition) is 6. The Kier molecular flexibility index (Phi) is 5.57. The number of aryl methyl sites for hydroxylation is 1. The first-order chi connectivity index (χ1) is 16.0. The normalized spacial score (nSPS) is 19.7. The van der Waals surface area contributed by atoms with Crippen molar-refractivity contribution in [2.75, 3.05) is 13.1 Å². The fourth-order valence-corrected chi connectivity index (χ4v) is 4.67. The average molecular weight is 450 g/mol. The first-order valence-electron chi connectivity index (χ1n) is 11.2. The maximum absolute atomic E-state index is 12.5. The van der Waals surface area contributed by atoms with Crippen molar-refractivity contribution in [1.29, 1.82) is 0 Å². The SMILES string of the molecule is Cn1nc(C2CCC(=O)NC2=O)c2cccc(OC3CCN(C(=O)Cn4cccn4)CC3)c21. The van der Waals surface area contributed by atoms with Crippen molar-refractivity contribution in [1.82, 2.24) is 29.8 Å². The molecule has 4 heterocycles. The molecule has 2 aliphatic rings. The third kappa shape index (κ3) is 4.20. The Morgan fingerprint density at radius 3 is 2.73 bits per heavy atom. The quantitative estimate of drug-likeness (QED) is 0.588. The van der Waals surface area contributed by atoms with Crippen LogP contribution in [0.15, 0.2) is 36.7 Å². The van der Waals surface area contributed by atoms with Gasteiger partial charge in [-0.25, -0.2) is 0 Å². The van der Waals surface area contributed by atoms with Crippen molar-refractivity contribution in [2.24, 2.45) is 7.05 Å². The number of aromatic nitrogens is 4. The summed E-state index contributed by atoms with van der Waals surface area (Å²) in [5.74, 6) is -0.229. The lowest BCUT2D eigenvalue weighted by atomic mass is 9.93. The van der Waals surface area contributed by atoms with Crippen molar-refractivity contribution in [3.8, 4) is 5.75 Å². The number of benzene rings is 1. The van der Waals surface area contributed by atoms with Crippen LogP contribution < -0.4 is 10.1 Å². The van der Waals surface area contributed by atoms with Gasteiger partial charge in [0, 0.05) is 57.2 Å². The molecule has 0 saturated carbocycles. The molecule has 0 bridgehead atoms. The van der Waals surface area contributed by atoms with Crippen molar-refractivity contribution < 1.29 is 19.1 Å². The van der Waals surface area contributed by atoms with E-state index in [1.54, 1.807) is 27.8 Å². The zero-order valence-electron chi connectivity index (χ0n) is 18.4. The number of nitrogens with one attached hydrogen (secondary N) is 1. The van der Waals surface area contributed by atoms with E-state index in [1.807, 2.05) is 30.1 Å². The van der Waals surface area contributed by atoms with Gasteiger partial charge in [0.15, 0.2) is 0 Å². The molecular formula is C23H26N6O4. The van der Waals surface area contributed by atoms with Crippen LogP contribution in [0.3, 0.4) is 0 Å². The lowest BCUT2D eigenvalue weighted by Crippen LogP contribution is -2.43. The van der Waals surface area contributed by atoms with Crippen LogP contribution in [0.25, 0.3) is 10.9 Å². The molecule has 2 aromatic heterocycles. The van der Waals surface area contributed by atoms with Gasteiger partial charge in [-0.05, 0) is 18.6 Å². The number of hydrogen-bond donors (Lipinski definition) is 1. The Morgan fingerprint density at radius 2 is 2.00 bits per heavy atom. The molecule has 10 heteroatoms. The van der Waals surface area contributed by atoms with Gasteiger partial charge in [-0.2, -0.15) is 10.2 Å². The van der Waals surface area contributed by atoms with Gasteiger partial charge in [0.05, 0.1) is 11.6 Å². The van der Waals surface area contributed by atoms with Gasteiger partial charge in [0.2, 0.25) is 17.7 Å². The van der Waals surface area contributed by atoms with E-state index in [0.29, 0.717) is 37.4 Å². The molecule has 3 aromatic rings. The molecule has 1 atom stereocenters. The van der Waals surface area contributed by atoms with E-state index < -0.39 is 5.92 Å². The number of piperidine rings is 2. The molecule has 3 amide bonds. The second kappa shape index (κ2) is 8.68. The number of fused-ring (bicyclic) bond motifs is 1. The summed E-state index contributed by atoms with van der Waals surface area (Å²) in [5.41, 5.74) is 1.50. The van der Waals surface area contributed by atoms with Crippen molar-refractivity contribution >= 4 is 28.6 Å². The highest BCUT2D eigenvalue weighted by Crippen LogP contribution is 2.35. The van der Waals surface area contributed by atoms with E-state index in [0.717, 1.165) is 23.7 Å². The predicted octanol–water partition coefficient (Wildman–Crippen LogP) is 1.36. The van der Waals surface area contributed by atoms with Crippen molar-refractivity contribution in [3.05, 3.63) is 42.4 Å². The monoisotopic (exact) mass is 450 g/mol. The first kappa shape index (κ1) is 21.2. The number of ether oxygens (including phenoxy) is 1. The van der Waals surface area contributed by atoms with Crippen LogP contribution in [-0.2, 0) is 28.0 Å². The van der Waals surface area contributed by atoms with Crippen LogP contribution >= 0.6 is 0 Å². The molecule has 10 nitrogen and oxygen atoms in total. The molecule has 2 saturated heterocycles. The Hall–Kier alpha value is -3.69. The fourth-order valence-electron chi connectivity index (χ4n) is 4.67. The summed E-state index contributed by atoms with van der Waals surface area (Å²) in [6.45, 7) is 1.51. The van der Waals surface area contributed by atoms with E-state index >= 15 is 0 Å². The van der Waals surface area contributed by atoms with Crippen molar-refractivity contribution in [3.63, 3.8) is 0 Å². The minimum atomic E-state index is -0.453. The van der Waals surface area contributed by atoms with Crippen LogP contribution in [0.1, 0.15) is 37.3 Å². The van der Waals surface area contributed by atoms with E-state index in [-0.39, 0.29) is 30.4 Å². The zero-order valence-corrected chi connectivity index (χ0v) is 18.4.